The molecular weight excluding hydrogens is 260 g/mol. The number of hydrazine groups is 1. The molecule has 18 heavy (non-hydrogen) atoms. The van der Waals surface area contributed by atoms with E-state index in [2.05, 4.69) is 66.2 Å². The van der Waals surface area contributed by atoms with Gasteiger partial charge < -0.3 is 0 Å². The Balaban J connectivity index is 1.88. The van der Waals surface area contributed by atoms with Gasteiger partial charge >= 0.3 is 0 Å². The van der Waals surface area contributed by atoms with Crippen LogP contribution in [0.3, 0.4) is 0 Å². The largest absolute Gasteiger partial charge is 0.271 e. The van der Waals surface area contributed by atoms with Crippen molar-refractivity contribution in [1.82, 2.24) is 5.43 Å². The average molecular weight is 282 g/mol. The summed E-state index contributed by atoms with van der Waals surface area (Å²) in [4.78, 5) is 0. The van der Waals surface area contributed by atoms with Crippen molar-refractivity contribution in [3.63, 3.8) is 0 Å². The minimum atomic E-state index is 0.415. The number of nitrogens with two attached hydrogens (primary N) is 1. The molecule has 100 valence electrons. The lowest BCUT2D eigenvalue weighted by molar-refractivity contribution is 0.473. The van der Waals surface area contributed by atoms with Gasteiger partial charge in [-0.25, -0.2) is 0 Å². The fraction of sp³-hybridized carbons (Fsp3) is 0.571. The van der Waals surface area contributed by atoms with Crippen molar-refractivity contribution in [2.24, 2.45) is 5.84 Å². The molecule has 0 spiro atoms. The molecule has 2 nitrogen and oxygen atoms in total. The Morgan fingerprint density at radius 2 is 2.00 bits per heavy atom. The van der Waals surface area contributed by atoms with Gasteiger partial charge in [-0.2, -0.15) is 23.5 Å². The van der Waals surface area contributed by atoms with Crippen LogP contribution in [0.4, 0.5) is 0 Å². The van der Waals surface area contributed by atoms with Gasteiger partial charge in [0.25, 0.3) is 0 Å². The number of nitrogens with one attached hydrogen (secondary N) is 1. The van der Waals surface area contributed by atoms with Gasteiger partial charge in [0.15, 0.2) is 0 Å². The van der Waals surface area contributed by atoms with Crippen LogP contribution in [0.5, 0.6) is 0 Å². The van der Waals surface area contributed by atoms with Gasteiger partial charge in [0.1, 0.15) is 0 Å². The van der Waals surface area contributed by atoms with Crippen LogP contribution in [0, 0.1) is 0 Å². The fourth-order valence-corrected chi connectivity index (χ4v) is 5.38. The van der Waals surface area contributed by atoms with Gasteiger partial charge in [0.05, 0.1) is 0 Å². The van der Waals surface area contributed by atoms with Crippen LogP contribution < -0.4 is 11.3 Å². The molecular formula is C14H22N2S2. The van der Waals surface area contributed by atoms with Crippen LogP contribution in [0.2, 0.25) is 0 Å². The van der Waals surface area contributed by atoms with E-state index in [1.807, 2.05) is 0 Å². The Hall–Kier alpha value is -0.160. The summed E-state index contributed by atoms with van der Waals surface area (Å²) in [7, 11) is 0. The third-order valence-electron chi connectivity index (χ3n) is 3.43. The number of rotatable bonds is 5. The minimum Gasteiger partial charge on any atom is -0.271 e. The van der Waals surface area contributed by atoms with Crippen LogP contribution >= 0.6 is 23.5 Å². The molecule has 3 unspecified atom stereocenters. The summed E-state index contributed by atoms with van der Waals surface area (Å²) in [6, 6.07) is 11.1. The van der Waals surface area contributed by atoms with E-state index >= 15 is 0 Å². The normalized spacial score (nSPS) is 25.9. The first-order valence-corrected chi connectivity index (χ1v) is 8.64. The molecule has 4 heteroatoms. The predicted octanol–water partition coefficient (Wildman–Crippen LogP) is 2.69. The molecule has 0 aromatic heterocycles. The molecule has 2 rings (SSSR count). The molecule has 1 aliphatic heterocycles. The number of thioether (sulfide) groups is 2. The molecule has 0 aliphatic carbocycles. The van der Waals surface area contributed by atoms with E-state index in [1.54, 1.807) is 0 Å². The maximum atomic E-state index is 5.76. The third kappa shape index (κ3) is 3.92. The first kappa shape index (κ1) is 14.3. The Morgan fingerprint density at radius 3 is 2.67 bits per heavy atom. The Morgan fingerprint density at radius 1 is 1.28 bits per heavy atom. The molecule has 1 fully saturated rings. The molecule has 0 bridgehead atoms. The number of benzene rings is 1. The lowest BCUT2D eigenvalue weighted by atomic mass is 10.0. The summed E-state index contributed by atoms with van der Waals surface area (Å²) in [5.74, 6) is 8.29. The van der Waals surface area contributed by atoms with E-state index in [-0.39, 0.29) is 0 Å². The maximum Gasteiger partial charge on any atom is 0.0343 e. The van der Waals surface area contributed by atoms with Gasteiger partial charge in [-0.1, -0.05) is 37.3 Å². The molecule has 3 atom stereocenters. The molecule has 1 aliphatic rings. The lowest BCUT2D eigenvalue weighted by Crippen LogP contribution is -2.47. The number of hydrogen-bond acceptors (Lipinski definition) is 4. The number of aryl methyl sites for hydroxylation is 1. The smallest absolute Gasteiger partial charge is 0.0343 e. The Kier molecular flexibility index (Phi) is 5.89. The summed E-state index contributed by atoms with van der Waals surface area (Å²) in [5, 5.41) is 1.33. The minimum absolute atomic E-state index is 0.415. The van der Waals surface area contributed by atoms with Crippen LogP contribution in [0.1, 0.15) is 18.9 Å². The van der Waals surface area contributed by atoms with E-state index < -0.39 is 0 Å². The SMILES string of the molecule is CC1SCCSC1C(CCc1ccccc1)NN. The zero-order valence-corrected chi connectivity index (χ0v) is 12.5. The van der Waals surface area contributed by atoms with Gasteiger partial charge in [-0.05, 0) is 18.4 Å². The second-order valence-corrected chi connectivity index (χ2v) is 7.48. The standard InChI is InChI=1S/C14H22N2S2/c1-11-14(18-10-9-17-11)13(16-15)8-7-12-5-3-2-4-6-12/h2-6,11,13-14,16H,7-10,15H2,1H3. The molecule has 1 aromatic carbocycles. The van der Waals surface area contributed by atoms with Gasteiger partial charge in [-0.15, -0.1) is 0 Å². The fourth-order valence-electron chi connectivity index (χ4n) is 2.40. The van der Waals surface area contributed by atoms with E-state index in [4.69, 9.17) is 5.84 Å². The van der Waals surface area contributed by atoms with Gasteiger partial charge in [-0.3, -0.25) is 11.3 Å². The molecule has 0 radical (unpaired) electrons. The van der Waals surface area contributed by atoms with Crippen LogP contribution in [-0.4, -0.2) is 28.0 Å². The van der Waals surface area contributed by atoms with Crippen molar-refractivity contribution in [1.29, 1.82) is 0 Å². The molecule has 1 saturated heterocycles. The highest BCUT2D eigenvalue weighted by molar-refractivity contribution is 8.07. The van der Waals surface area contributed by atoms with Crippen LogP contribution in [0.15, 0.2) is 30.3 Å². The first-order valence-electron chi connectivity index (χ1n) is 6.54. The molecule has 0 amide bonds. The summed E-state index contributed by atoms with van der Waals surface area (Å²) in [5.41, 5.74) is 4.44. The maximum absolute atomic E-state index is 5.76. The van der Waals surface area contributed by atoms with Gasteiger partial charge in [0.2, 0.25) is 0 Å². The van der Waals surface area contributed by atoms with E-state index in [0.717, 1.165) is 12.8 Å². The van der Waals surface area contributed by atoms with Crippen LogP contribution in [-0.2, 0) is 6.42 Å². The lowest BCUT2D eigenvalue weighted by Gasteiger charge is -2.34. The highest BCUT2D eigenvalue weighted by Crippen LogP contribution is 2.34. The first-order chi connectivity index (χ1) is 8.81. The Bertz CT molecular complexity index is 345. The summed E-state index contributed by atoms with van der Waals surface area (Å²) < 4.78 is 0. The third-order valence-corrected chi connectivity index (χ3v) is 6.69. The van der Waals surface area contributed by atoms with Gasteiger partial charge in [0, 0.05) is 28.0 Å². The summed E-state index contributed by atoms with van der Waals surface area (Å²) >= 11 is 4.15. The van der Waals surface area contributed by atoms with E-state index in [0.29, 0.717) is 16.5 Å². The second-order valence-electron chi connectivity index (χ2n) is 4.71. The molecule has 1 aromatic rings. The molecule has 3 N–H and O–H groups in total. The summed E-state index contributed by atoms with van der Waals surface area (Å²) in [6.07, 6.45) is 2.22. The van der Waals surface area contributed by atoms with Crippen molar-refractivity contribution in [3.8, 4) is 0 Å². The monoisotopic (exact) mass is 282 g/mol. The van der Waals surface area contributed by atoms with Crippen molar-refractivity contribution in [3.05, 3.63) is 35.9 Å². The predicted molar refractivity (Wildman–Crippen MR) is 84.0 cm³/mol. The molecule has 0 saturated carbocycles. The zero-order chi connectivity index (χ0) is 12.8. The second kappa shape index (κ2) is 7.43. The summed E-state index contributed by atoms with van der Waals surface area (Å²) in [6.45, 7) is 2.33. The quantitative estimate of drug-likeness (QED) is 0.643. The zero-order valence-electron chi connectivity index (χ0n) is 10.8. The van der Waals surface area contributed by atoms with E-state index in [9.17, 15) is 0 Å². The Labute approximate surface area is 118 Å². The van der Waals surface area contributed by atoms with Crippen molar-refractivity contribution >= 4 is 23.5 Å². The highest BCUT2D eigenvalue weighted by atomic mass is 32.2. The van der Waals surface area contributed by atoms with Crippen LogP contribution in [0.25, 0.3) is 0 Å². The van der Waals surface area contributed by atoms with Crippen molar-refractivity contribution < 1.29 is 0 Å². The van der Waals surface area contributed by atoms with Crippen molar-refractivity contribution in [2.45, 2.75) is 36.3 Å². The van der Waals surface area contributed by atoms with Crippen molar-refractivity contribution in [2.75, 3.05) is 11.5 Å². The topological polar surface area (TPSA) is 38.0 Å². The molecule has 1 heterocycles. The number of hydrogen-bond donors (Lipinski definition) is 2. The average Bonchev–Trinajstić information content (AvgIpc) is 2.42. The highest BCUT2D eigenvalue weighted by Gasteiger charge is 2.29. The van der Waals surface area contributed by atoms with E-state index in [1.165, 1.54) is 17.1 Å².